The van der Waals surface area contributed by atoms with Crippen LogP contribution in [0.15, 0.2) is 72.8 Å². The van der Waals surface area contributed by atoms with Gasteiger partial charge in [-0.05, 0) is 30.3 Å². The Hall–Kier alpha value is -3.35. The average molecular weight is 430 g/mol. The molecule has 3 aromatic carbocycles. The van der Waals surface area contributed by atoms with Gasteiger partial charge in [0.05, 0.1) is 18.8 Å². The van der Waals surface area contributed by atoms with Crippen molar-refractivity contribution in [3.8, 4) is 11.5 Å². The quantitative estimate of drug-likeness (QED) is 0.401. The summed E-state index contributed by atoms with van der Waals surface area (Å²) in [5, 5.41) is 0. The summed E-state index contributed by atoms with van der Waals surface area (Å²) in [6, 6.07) is 23.0. The Morgan fingerprint density at radius 2 is 1.25 bits per heavy atom. The molecule has 6 nitrogen and oxygen atoms in total. The summed E-state index contributed by atoms with van der Waals surface area (Å²) in [4.78, 5) is 12.8. The molecule has 32 heavy (non-hydrogen) atoms. The Labute approximate surface area is 185 Å². The summed E-state index contributed by atoms with van der Waals surface area (Å²) in [6.45, 7) is 2.58. The lowest BCUT2D eigenvalue weighted by Crippen LogP contribution is -2.29. The third kappa shape index (κ3) is 3.51. The van der Waals surface area contributed by atoms with E-state index in [1.54, 1.807) is 6.07 Å². The molecule has 0 aliphatic carbocycles. The second-order valence-corrected chi connectivity index (χ2v) is 8.20. The summed E-state index contributed by atoms with van der Waals surface area (Å²) in [5.41, 5.74) is 2.07. The predicted octanol–water partition coefficient (Wildman–Crippen LogP) is 3.70. The minimum Gasteiger partial charge on any atom is -0.491 e. The molecule has 0 aromatic heterocycles. The van der Waals surface area contributed by atoms with Gasteiger partial charge in [0.15, 0.2) is 5.60 Å². The van der Waals surface area contributed by atoms with E-state index < -0.39 is 5.60 Å². The largest absolute Gasteiger partial charge is 0.491 e. The second kappa shape index (κ2) is 7.65. The molecule has 3 aliphatic heterocycles. The van der Waals surface area contributed by atoms with Crippen LogP contribution in [-0.2, 0) is 19.8 Å². The van der Waals surface area contributed by atoms with Gasteiger partial charge in [0.1, 0.15) is 36.9 Å². The highest BCUT2D eigenvalue weighted by molar-refractivity contribution is 5.96. The Morgan fingerprint density at radius 3 is 1.75 bits per heavy atom. The van der Waals surface area contributed by atoms with E-state index in [9.17, 15) is 4.79 Å². The van der Waals surface area contributed by atoms with Gasteiger partial charge < -0.3 is 23.7 Å². The highest BCUT2D eigenvalue weighted by Crippen LogP contribution is 2.47. The smallest absolute Gasteiger partial charge is 0.340 e. The first kappa shape index (κ1) is 19.3. The van der Waals surface area contributed by atoms with Crippen LogP contribution in [0, 0.1) is 0 Å². The van der Waals surface area contributed by atoms with Crippen LogP contribution in [0.1, 0.15) is 27.0 Å². The number of fused-ring (bicyclic) bond motifs is 1. The zero-order valence-corrected chi connectivity index (χ0v) is 17.4. The Kier molecular flexibility index (Phi) is 4.63. The third-order valence-corrected chi connectivity index (χ3v) is 5.97. The van der Waals surface area contributed by atoms with Crippen LogP contribution >= 0.6 is 0 Å². The van der Waals surface area contributed by atoms with E-state index in [-0.39, 0.29) is 18.2 Å². The van der Waals surface area contributed by atoms with Crippen molar-refractivity contribution >= 4 is 5.97 Å². The monoisotopic (exact) mass is 430 g/mol. The summed E-state index contributed by atoms with van der Waals surface area (Å²) in [6.07, 6.45) is 0.381. The van der Waals surface area contributed by atoms with Gasteiger partial charge in [0.25, 0.3) is 0 Å². The first-order valence-electron chi connectivity index (χ1n) is 10.7. The van der Waals surface area contributed by atoms with Crippen molar-refractivity contribution in [1.82, 2.24) is 0 Å². The molecule has 3 aromatic rings. The van der Waals surface area contributed by atoms with Gasteiger partial charge >= 0.3 is 5.97 Å². The van der Waals surface area contributed by atoms with E-state index in [0.29, 0.717) is 18.8 Å². The molecule has 0 amide bonds. The molecule has 2 saturated heterocycles. The molecule has 0 bridgehead atoms. The Bertz CT molecular complexity index is 1070. The molecule has 6 rings (SSSR count). The van der Waals surface area contributed by atoms with Crippen LogP contribution in [0.4, 0.5) is 0 Å². The molecule has 2 unspecified atom stereocenters. The topological polar surface area (TPSA) is 69.8 Å². The van der Waals surface area contributed by atoms with Crippen molar-refractivity contribution in [2.24, 2.45) is 0 Å². The maximum Gasteiger partial charge on any atom is 0.340 e. The summed E-state index contributed by atoms with van der Waals surface area (Å²) in [5.74, 6) is 1.17. The lowest BCUT2D eigenvalue weighted by atomic mass is 9.80. The standard InChI is InChI=1S/C26H22O6/c27-25-23-3-1-2-4-24(23)26(32-25,17-5-9-19(10-6-17)28-13-21-15-30-21)18-7-11-20(12-8-18)29-14-22-16-31-22/h1-12,21-22H,13-16H2. The molecule has 0 spiro atoms. The number of hydrogen-bond acceptors (Lipinski definition) is 6. The van der Waals surface area contributed by atoms with E-state index in [1.807, 2.05) is 66.7 Å². The molecule has 162 valence electrons. The highest BCUT2D eigenvalue weighted by Gasteiger charge is 2.48. The molecule has 0 radical (unpaired) electrons. The number of rotatable bonds is 8. The van der Waals surface area contributed by atoms with Gasteiger partial charge in [0.2, 0.25) is 0 Å². The number of epoxide rings is 2. The number of cyclic esters (lactones) is 1. The van der Waals surface area contributed by atoms with Gasteiger partial charge in [-0.2, -0.15) is 0 Å². The Balaban J connectivity index is 1.37. The van der Waals surface area contributed by atoms with E-state index in [0.717, 1.165) is 41.4 Å². The van der Waals surface area contributed by atoms with Crippen LogP contribution in [0.2, 0.25) is 0 Å². The molecule has 0 N–H and O–H groups in total. The van der Waals surface area contributed by atoms with E-state index in [1.165, 1.54) is 0 Å². The zero-order valence-electron chi connectivity index (χ0n) is 17.4. The average Bonchev–Trinajstić information content (AvgIpc) is 3.77. The van der Waals surface area contributed by atoms with Gasteiger partial charge in [0, 0.05) is 16.7 Å². The first-order chi connectivity index (χ1) is 15.7. The van der Waals surface area contributed by atoms with Gasteiger partial charge in [-0.1, -0.05) is 42.5 Å². The minimum absolute atomic E-state index is 0.191. The summed E-state index contributed by atoms with van der Waals surface area (Å²) in [7, 11) is 0. The summed E-state index contributed by atoms with van der Waals surface area (Å²) < 4.78 is 28.1. The maximum atomic E-state index is 12.8. The van der Waals surface area contributed by atoms with Gasteiger partial charge in [-0.15, -0.1) is 0 Å². The summed E-state index contributed by atoms with van der Waals surface area (Å²) >= 11 is 0. The van der Waals surface area contributed by atoms with Crippen molar-refractivity contribution in [2.45, 2.75) is 17.8 Å². The number of ether oxygens (including phenoxy) is 5. The van der Waals surface area contributed by atoms with E-state index in [4.69, 9.17) is 23.7 Å². The van der Waals surface area contributed by atoms with Crippen molar-refractivity contribution in [3.05, 3.63) is 95.1 Å². The van der Waals surface area contributed by atoms with Crippen LogP contribution in [0.5, 0.6) is 11.5 Å². The molecule has 6 heteroatoms. The van der Waals surface area contributed by atoms with E-state index in [2.05, 4.69) is 0 Å². The van der Waals surface area contributed by atoms with Crippen molar-refractivity contribution in [1.29, 1.82) is 0 Å². The fourth-order valence-corrected chi connectivity index (χ4v) is 4.09. The fourth-order valence-electron chi connectivity index (χ4n) is 4.09. The van der Waals surface area contributed by atoms with Crippen LogP contribution < -0.4 is 9.47 Å². The van der Waals surface area contributed by atoms with Gasteiger partial charge in [-0.25, -0.2) is 4.79 Å². The van der Waals surface area contributed by atoms with Crippen LogP contribution in [-0.4, -0.2) is 44.6 Å². The number of hydrogen-bond donors (Lipinski definition) is 0. The van der Waals surface area contributed by atoms with E-state index >= 15 is 0 Å². The normalized spacial score (nSPS) is 25.1. The SMILES string of the molecule is O=C1OC(c2ccc(OCC3CO3)cc2)(c2ccc(OCC3CO3)cc2)c2ccccc21. The molecular formula is C26H22O6. The molecule has 3 heterocycles. The number of benzene rings is 3. The number of esters is 1. The molecule has 3 aliphatic rings. The maximum absolute atomic E-state index is 12.8. The first-order valence-corrected chi connectivity index (χ1v) is 10.7. The molecule has 2 fully saturated rings. The third-order valence-electron chi connectivity index (χ3n) is 5.97. The second-order valence-electron chi connectivity index (χ2n) is 8.20. The predicted molar refractivity (Wildman–Crippen MR) is 115 cm³/mol. The lowest BCUT2D eigenvalue weighted by Gasteiger charge is -2.30. The zero-order chi connectivity index (χ0) is 21.5. The molecule has 0 saturated carbocycles. The van der Waals surface area contributed by atoms with Gasteiger partial charge in [-0.3, -0.25) is 0 Å². The van der Waals surface area contributed by atoms with Crippen LogP contribution in [0.3, 0.4) is 0 Å². The lowest BCUT2D eigenvalue weighted by molar-refractivity contribution is 0.0251. The van der Waals surface area contributed by atoms with Crippen LogP contribution in [0.25, 0.3) is 0 Å². The molecular weight excluding hydrogens is 408 g/mol. The number of carbonyl (C=O) groups excluding carboxylic acids is 1. The Morgan fingerprint density at radius 1 is 0.750 bits per heavy atom. The minimum atomic E-state index is -1.04. The number of carbonyl (C=O) groups is 1. The van der Waals surface area contributed by atoms with Crippen molar-refractivity contribution in [3.63, 3.8) is 0 Å². The van der Waals surface area contributed by atoms with Crippen molar-refractivity contribution < 1.29 is 28.5 Å². The fraction of sp³-hybridized carbons (Fsp3) is 0.269. The molecule has 2 atom stereocenters. The van der Waals surface area contributed by atoms with Crippen molar-refractivity contribution in [2.75, 3.05) is 26.4 Å². The highest BCUT2D eigenvalue weighted by atomic mass is 16.6.